The Labute approximate surface area is 445 Å². The second-order valence-electron chi connectivity index (χ2n) is 14.7. The van der Waals surface area contributed by atoms with E-state index in [0.717, 1.165) is 154 Å². The van der Waals surface area contributed by atoms with Crippen molar-refractivity contribution in [3.63, 3.8) is 0 Å². The van der Waals surface area contributed by atoms with E-state index in [2.05, 4.69) is 56.7 Å². The zero-order valence-electron chi connectivity index (χ0n) is 41.2. The Balaban J connectivity index is -0.000000870. The zero-order valence-corrected chi connectivity index (χ0v) is 45.4. The molecular formula is C50H77N10O7V3+. The van der Waals surface area contributed by atoms with Crippen molar-refractivity contribution < 1.29 is 86.2 Å². The predicted octanol–water partition coefficient (Wildman–Crippen LogP) is 8.11. The quantitative estimate of drug-likeness (QED) is 0.0543. The van der Waals surface area contributed by atoms with Gasteiger partial charge < -0.3 is 50.5 Å². The number of aliphatic hydroxyl groups is 5. The van der Waals surface area contributed by atoms with E-state index in [1.807, 2.05) is 139 Å². The molecule has 0 aliphatic rings. The average molecular weight is 1080 g/mol. The summed E-state index contributed by atoms with van der Waals surface area (Å²) in [5.41, 5.74) is 8.15. The molecule has 4 aromatic heterocycles. The minimum Gasteiger partial charge on any atom is 0 e. The molecule has 20 heteroatoms. The monoisotopic (exact) mass is 1080 g/mol. The number of aromatic nitrogens is 8. The average Bonchev–Trinajstić information content (AvgIpc) is 4.19. The molecule has 8 aromatic rings. The molecule has 70 heavy (non-hydrogen) atoms. The molecule has 0 aliphatic carbocycles. The number of nitrogens with one attached hydrogen (secondary N) is 3. The summed E-state index contributed by atoms with van der Waals surface area (Å²) in [4.78, 5) is 37.3. The van der Waals surface area contributed by atoms with Crippen LogP contribution in [0.2, 0.25) is 0 Å². The van der Waals surface area contributed by atoms with Gasteiger partial charge in [-0.2, -0.15) is 0 Å². The van der Waals surface area contributed by atoms with Crippen molar-refractivity contribution in [3.05, 3.63) is 120 Å². The van der Waals surface area contributed by atoms with E-state index in [1.165, 1.54) is 0 Å². The fourth-order valence-corrected chi connectivity index (χ4v) is 5.39. The van der Waals surface area contributed by atoms with E-state index in [9.17, 15) is 0 Å². The van der Waals surface area contributed by atoms with Crippen LogP contribution < -0.4 is 4.98 Å². The van der Waals surface area contributed by atoms with Crippen LogP contribution in [-0.4, -0.2) is 117 Å². The molecule has 4 heterocycles. The summed E-state index contributed by atoms with van der Waals surface area (Å²) in [6.45, 7) is 14.2. The molecule has 0 aliphatic heterocycles. The molecule has 0 fully saturated rings. The molecule has 4 aromatic carbocycles. The summed E-state index contributed by atoms with van der Waals surface area (Å²) in [7, 11) is 4.12. The summed E-state index contributed by atoms with van der Waals surface area (Å²) in [6, 6.07) is 32.2. The van der Waals surface area contributed by atoms with E-state index >= 15 is 0 Å². The summed E-state index contributed by atoms with van der Waals surface area (Å²) < 4.78 is 16.4. The van der Waals surface area contributed by atoms with Crippen LogP contribution in [0.15, 0.2) is 97.1 Å². The van der Waals surface area contributed by atoms with E-state index < -0.39 is 0 Å². The van der Waals surface area contributed by atoms with Crippen LogP contribution >= 0.6 is 0 Å². The molecule has 0 amide bonds. The second kappa shape index (κ2) is 45.9. The van der Waals surface area contributed by atoms with Gasteiger partial charge in [-0.05, 0) is 93.6 Å². The molecule has 383 valence electrons. The van der Waals surface area contributed by atoms with Gasteiger partial charge in [-0.15, -0.1) is 0 Å². The van der Waals surface area contributed by atoms with Crippen molar-refractivity contribution >= 4 is 44.1 Å². The van der Waals surface area contributed by atoms with Crippen LogP contribution in [0, 0.1) is 0 Å². The van der Waals surface area contributed by atoms with Gasteiger partial charge >= 0.3 is 42.1 Å². The Hall–Kier alpha value is -4.17. The Morgan fingerprint density at radius 2 is 0.729 bits per heavy atom. The van der Waals surface area contributed by atoms with Crippen molar-refractivity contribution in [2.75, 3.05) is 47.1 Å². The fraction of sp³-hybridized carbons (Fsp3) is 0.440. The Kier molecular flexibility index (Phi) is 46.0. The van der Waals surface area contributed by atoms with Gasteiger partial charge in [-0.1, -0.05) is 109 Å². The number of benzene rings is 4. The number of aromatic amines is 3. The standard InChI is InChI=1S/C17H17N5.C17H16N5.5C3H8O.CH4.2O.3V/c2*1-22(10-16-18-12-6-2-3-7-13(12)19-16)11-17-20-14-8-4-5-9-15(14)21-17;5*1-2-3-4;;;;;;/h2-9H,10-11H2,1H3,(H,18,19)(H,20,21);2-9H,10-11H2,1H3,(H-,18,19,20,21);5*4H,2-3H2,1H3;1H4;;;;;/q;-1;;;;;;;;;;;+2. The van der Waals surface area contributed by atoms with Crippen molar-refractivity contribution in [2.24, 2.45) is 0 Å². The largest absolute Gasteiger partial charge is 0 e. The van der Waals surface area contributed by atoms with Gasteiger partial charge in [0, 0.05) is 58.1 Å². The second-order valence-corrected chi connectivity index (χ2v) is 14.7. The maximum Gasteiger partial charge on any atom is 0 e. The SMILES string of the molecule is C.CCCO.CCCO.CCCO.CCCO.CCCO.CN(Cc1nc2ccccc2[n-]1)Cc1nc2ccccc2[nH]1.CN(Cc1nc2ccccc2[nH]1)Cc1nc2ccccc2[nH]1.[O]=[V+2].[O]=[V].[V]. The van der Waals surface area contributed by atoms with Crippen LogP contribution in [0.25, 0.3) is 44.1 Å². The molecular weight excluding hydrogens is 1010 g/mol. The molecule has 17 nitrogen and oxygen atoms in total. The number of hydrogen-bond donors (Lipinski definition) is 8. The minimum atomic E-state index is 0. The predicted molar refractivity (Wildman–Crippen MR) is 269 cm³/mol. The number of imidazole rings is 4. The number of H-pyrrole nitrogens is 3. The third-order valence-electron chi connectivity index (χ3n) is 8.48. The Morgan fingerprint density at radius 1 is 0.471 bits per heavy atom. The number of aliphatic hydroxyl groups excluding tert-OH is 5. The topological polar surface area (TPSA) is 255 Å². The first-order chi connectivity index (χ1) is 33.1. The van der Waals surface area contributed by atoms with E-state index in [1.54, 1.807) is 0 Å². The maximum absolute atomic E-state index is 8.19. The van der Waals surface area contributed by atoms with Gasteiger partial charge in [0.1, 0.15) is 17.5 Å². The Bertz CT molecular complexity index is 1940. The fourth-order valence-electron chi connectivity index (χ4n) is 5.39. The molecule has 0 spiro atoms. The van der Waals surface area contributed by atoms with Crippen LogP contribution in [0.4, 0.5) is 0 Å². The van der Waals surface area contributed by atoms with Crippen LogP contribution in [0.1, 0.15) is 97.4 Å². The number of hydrogen-bond acceptors (Lipinski definition) is 13. The maximum atomic E-state index is 8.19. The summed E-state index contributed by atoms with van der Waals surface area (Å²) in [6.07, 6.45) is 4.38. The molecule has 8 N–H and O–H groups in total. The zero-order chi connectivity index (χ0) is 51.0. The molecule has 0 unspecified atom stereocenters. The number of fused-ring (bicyclic) bond motifs is 4. The minimum absolute atomic E-state index is 0. The first-order valence-electron chi connectivity index (χ1n) is 22.6. The number of nitrogens with zero attached hydrogens (tertiary/aromatic N) is 7. The number of para-hydroxylation sites is 8. The van der Waals surface area contributed by atoms with Crippen LogP contribution in [0.3, 0.4) is 0 Å². The van der Waals surface area contributed by atoms with Gasteiger partial charge in [0.2, 0.25) is 0 Å². The third-order valence-corrected chi connectivity index (χ3v) is 8.48. The molecule has 0 saturated carbocycles. The normalized spacial score (nSPS) is 9.64. The number of rotatable bonds is 13. The summed E-state index contributed by atoms with van der Waals surface area (Å²) >= 11 is 2.12. The van der Waals surface area contributed by atoms with Crippen molar-refractivity contribution in [2.45, 2.75) is 100 Å². The molecule has 8 rings (SSSR count). The third kappa shape index (κ3) is 29.2. The first-order valence-corrected chi connectivity index (χ1v) is 23.7. The first kappa shape index (κ1) is 70.1. The van der Waals surface area contributed by atoms with Gasteiger partial charge in [-0.3, -0.25) is 9.80 Å². The van der Waals surface area contributed by atoms with Crippen LogP contribution in [0.5, 0.6) is 0 Å². The van der Waals surface area contributed by atoms with Gasteiger partial charge in [0.15, 0.2) is 0 Å². The molecule has 0 saturated heterocycles. The smallest absolute Gasteiger partial charge is 0 e. The van der Waals surface area contributed by atoms with Crippen molar-refractivity contribution in [3.8, 4) is 0 Å². The van der Waals surface area contributed by atoms with Crippen molar-refractivity contribution in [1.82, 2.24) is 49.7 Å². The van der Waals surface area contributed by atoms with Gasteiger partial charge in [-0.25, -0.2) is 15.0 Å². The molecule has 1 radical (unpaired) electrons. The molecule has 0 atom stereocenters. The van der Waals surface area contributed by atoms with E-state index in [0.29, 0.717) is 39.6 Å². The molecule has 0 bridgehead atoms. The van der Waals surface area contributed by atoms with E-state index in [4.69, 9.17) is 32.9 Å². The van der Waals surface area contributed by atoms with Gasteiger partial charge in [0.05, 0.1) is 52.7 Å². The summed E-state index contributed by atoms with van der Waals surface area (Å²) in [5.74, 6) is 3.75. The summed E-state index contributed by atoms with van der Waals surface area (Å²) in [5, 5.41) is 39.4. The van der Waals surface area contributed by atoms with E-state index in [-0.39, 0.29) is 26.0 Å². The van der Waals surface area contributed by atoms with Crippen molar-refractivity contribution in [1.29, 1.82) is 0 Å². The Morgan fingerprint density at radius 3 is 1.00 bits per heavy atom. The van der Waals surface area contributed by atoms with Crippen LogP contribution in [-0.2, 0) is 86.8 Å². The van der Waals surface area contributed by atoms with Gasteiger partial charge in [0.25, 0.3) is 0 Å².